The van der Waals surface area contributed by atoms with Crippen LogP contribution >= 0.6 is 0 Å². The highest BCUT2D eigenvalue weighted by molar-refractivity contribution is 5.74. The summed E-state index contributed by atoms with van der Waals surface area (Å²) in [6, 6.07) is 1.64. The van der Waals surface area contributed by atoms with Gasteiger partial charge in [0.1, 0.15) is 5.39 Å². The third kappa shape index (κ3) is 3.68. The Labute approximate surface area is 168 Å². The van der Waals surface area contributed by atoms with Crippen LogP contribution in [0.25, 0.3) is 11.0 Å². The summed E-state index contributed by atoms with van der Waals surface area (Å²) in [5.74, 6) is 1.29. The van der Waals surface area contributed by atoms with Crippen molar-refractivity contribution in [1.82, 2.24) is 28.9 Å². The van der Waals surface area contributed by atoms with Gasteiger partial charge >= 0.3 is 0 Å². The van der Waals surface area contributed by atoms with E-state index in [4.69, 9.17) is 0 Å². The van der Waals surface area contributed by atoms with E-state index >= 15 is 0 Å². The second kappa shape index (κ2) is 7.46. The zero-order valence-electron chi connectivity index (χ0n) is 17.4. The lowest BCUT2D eigenvalue weighted by atomic mass is 9.97. The molecule has 0 unspecified atom stereocenters. The molecule has 0 saturated carbocycles. The second-order valence-electron chi connectivity index (χ2n) is 8.21. The van der Waals surface area contributed by atoms with Crippen LogP contribution in [0.5, 0.6) is 0 Å². The van der Waals surface area contributed by atoms with Crippen LogP contribution in [0.1, 0.15) is 38.3 Å². The summed E-state index contributed by atoms with van der Waals surface area (Å²) in [6.07, 6.45) is 5.23. The van der Waals surface area contributed by atoms with Gasteiger partial charge in [-0.25, -0.2) is 4.98 Å². The van der Waals surface area contributed by atoms with E-state index in [1.807, 2.05) is 13.8 Å². The fourth-order valence-corrected chi connectivity index (χ4v) is 3.92. The van der Waals surface area contributed by atoms with Gasteiger partial charge in [0.2, 0.25) is 5.95 Å². The lowest BCUT2D eigenvalue weighted by Crippen LogP contribution is -2.39. The van der Waals surface area contributed by atoms with Crippen molar-refractivity contribution in [2.75, 3.05) is 18.0 Å². The Balaban J connectivity index is 1.47. The molecule has 0 radical (unpaired) electrons. The van der Waals surface area contributed by atoms with E-state index in [2.05, 4.69) is 20.0 Å². The number of aryl methyl sites for hydroxylation is 1. The number of anilines is 1. The van der Waals surface area contributed by atoms with Crippen LogP contribution in [0.2, 0.25) is 0 Å². The monoisotopic (exact) mass is 397 g/mol. The summed E-state index contributed by atoms with van der Waals surface area (Å²) in [6.45, 7) is 6.31. The first-order valence-corrected chi connectivity index (χ1v) is 10.0. The lowest BCUT2D eigenvalue weighted by molar-refractivity contribution is 0.347. The molecule has 0 N–H and O–H groups in total. The molecule has 4 heterocycles. The maximum atomic E-state index is 12.6. The number of fused-ring (bicyclic) bond motifs is 1. The molecular formula is C20H27N7O2. The van der Waals surface area contributed by atoms with Crippen LogP contribution in [0, 0.1) is 5.92 Å². The number of hydrogen-bond acceptors (Lipinski definition) is 6. The topological polar surface area (TPSA) is 90.8 Å². The summed E-state index contributed by atoms with van der Waals surface area (Å²) in [4.78, 5) is 36.2. The third-order valence-corrected chi connectivity index (χ3v) is 5.69. The first-order valence-electron chi connectivity index (χ1n) is 10.0. The molecule has 1 aliphatic rings. The number of piperidine rings is 1. The molecule has 0 atom stereocenters. The van der Waals surface area contributed by atoms with E-state index in [0.29, 0.717) is 29.4 Å². The molecule has 0 aliphatic carbocycles. The minimum Gasteiger partial charge on any atom is -0.342 e. The number of hydrogen-bond donors (Lipinski definition) is 0. The molecule has 1 aliphatic heterocycles. The van der Waals surface area contributed by atoms with Crippen LogP contribution in [0.3, 0.4) is 0 Å². The zero-order valence-corrected chi connectivity index (χ0v) is 17.4. The first kappa shape index (κ1) is 19.4. The maximum absolute atomic E-state index is 12.6. The van der Waals surface area contributed by atoms with Crippen molar-refractivity contribution in [2.24, 2.45) is 20.0 Å². The number of aromatic nitrogens is 6. The summed E-state index contributed by atoms with van der Waals surface area (Å²) in [5.41, 5.74) is 1.24. The molecule has 154 valence electrons. The fourth-order valence-electron chi connectivity index (χ4n) is 3.92. The van der Waals surface area contributed by atoms with E-state index in [1.54, 1.807) is 46.5 Å². The van der Waals surface area contributed by atoms with Gasteiger partial charge in [0.15, 0.2) is 5.65 Å². The van der Waals surface area contributed by atoms with Gasteiger partial charge < -0.3 is 4.90 Å². The van der Waals surface area contributed by atoms with E-state index in [9.17, 15) is 9.59 Å². The standard InChI is InChI=1S/C20H27N7O2/c1-13(2)16-9-17(28)27(12-21-16)10-14-5-7-26(8-6-14)20-22-18-15(11-24(3)23-18)19(29)25(20)4/h9,11-14H,5-8,10H2,1-4H3. The fraction of sp³-hybridized carbons (Fsp3) is 0.550. The van der Waals surface area contributed by atoms with Gasteiger partial charge in [-0.1, -0.05) is 13.8 Å². The molecular weight excluding hydrogens is 370 g/mol. The summed E-state index contributed by atoms with van der Waals surface area (Å²) in [5, 5.41) is 4.82. The van der Waals surface area contributed by atoms with Gasteiger partial charge in [-0.05, 0) is 24.7 Å². The Bertz CT molecular complexity index is 1150. The van der Waals surface area contributed by atoms with Crippen LogP contribution in [-0.2, 0) is 20.6 Å². The molecule has 1 fully saturated rings. The predicted molar refractivity (Wildman–Crippen MR) is 111 cm³/mol. The molecule has 0 bridgehead atoms. The minimum atomic E-state index is -0.0805. The molecule has 29 heavy (non-hydrogen) atoms. The van der Waals surface area contributed by atoms with Crippen LogP contribution < -0.4 is 16.0 Å². The SMILES string of the molecule is CC(C)c1cc(=O)n(CC2CCN(c3nc4nn(C)cc4c(=O)n3C)CC2)cn1. The Morgan fingerprint density at radius 3 is 2.55 bits per heavy atom. The number of rotatable bonds is 4. The maximum Gasteiger partial charge on any atom is 0.265 e. The summed E-state index contributed by atoms with van der Waals surface area (Å²) in [7, 11) is 3.54. The van der Waals surface area contributed by atoms with E-state index in [-0.39, 0.29) is 17.0 Å². The molecule has 0 spiro atoms. The molecule has 0 aromatic carbocycles. The van der Waals surface area contributed by atoms with Crippen LogP contribution in [0.15, 0.2) is 28.2 Å². The van der Waals surface area contributed by atoms with Gasteiger partial charge in [-0.3, -0.25) is 23.4 Å². The Kier molecular flexibility index (Phi) is 4.97. The van der Waals surface area contributed by atoms with Crippen molar-refractivity contribution >= 4 is 17.0 Å². The normalized spacial score (nSPS) is 15.6. The molecule has 3 aromatic rings. The summed E-state index contributed by atoms with van der Waals surface area (Å²) >= 11 is 0. The molecule has 3 aromatic heterocycles. The molecule has 9 heteroatoms. The molecule has 1 saturated heterocycles. The van der Waals surface area contributed by atoms with Crippen LogP contribution in [-0.4, -0.2) is 42.0 Å². The highest BCUT2D eigenvalue weighted by Crippen LogP contribution is 2.23. The van der Waals surface area contributed by atoms with Crippen molar-refractivity contribution < 1.29 is 0 Å². The smallest absolute Gasteiger partial charge is 0.265 e. The van der Waals surface area contributed by atoms with Crippen molar-refractivity contribution in [3.8, 4) is 0 Å². The van der Waals surface area contributed by atoms with Gasteiger partial charge in [0.05, 0.1) is 12.0 Å². The van der Waals surface area contributed by atoms with Gasteiger partial charge in [0.25, 0.3) is 11.1 Å². The molecule has 0 amide bonds. The van der Waals surface area contributed by atoms with Gasteiger partial charge in [-0.15, -0.1) is 0 Å². The second-order valence-corrected chi connectivity index (χ2v) is 8.21. The predicted octanol–water partition coefficient (Wildman–Crippen LogP) is 1.26. The largest absolute Gasteiger partial charge is 0.342 e. The van der Waals surface area contributed by atoms with Crippen molar-refractivity contribution in [3.63, 3.8) is 0 Å². The van der Waals surface area contributed by atoms with Gasteiger partial charge in [0, 0.05) is 46.0 Å². The highest BCUT2D eigenvalue weighted by Gasteiger charge is 2.24. The average molecular weight is 397 g/mol. The average Bonchev–Trinajstić information content (AvgIpc) is 3.07. The minimum absolute atomic E-state index is 0.01000. The van der Waals surface area contributed by atoms with Crippen molar-refractivity contribution in [1.29, 1.82) is 0 Å². The van der Waals surface area contributed by atoms with Gasteiger partial charge in [-0.2, -0.15) is 10.1 Å². The first-order chi connectivity index (χ1) is 13.8. The zero-order chi connectivity index (χ0) is 20.7. The van der Waals surface area contributed by atoms with Crippen LogP contribution in [0.4, 0.5) is 5.95 Å². The Hall–Kier alpha value is -2.97. The van der Waals surface area contributed by atoms with E-state index in [1.165, 1.54) is 0 Å². The Morgan fingerprint density at radius 1 is 1.17 bits per heavy atom. The van der Waals surface area contributed by atoms with Crippen molar-refractivity contribution in [2.45, 2.75) is 39.2 Å². The summed E-state index contributed by atoms with van der Waals surface area (Å²) < 4.78 is 4.93. The molecule has 9 nitrogen and oxygen atoms in total. The van der Waals surface area contributed by atoms with E-state index < -0.39 is 0 Å². The van der Waals surface area contributed by atoms with E-state index in [0.717, 1.165) is 31.6 Å². The number of nitrogens with zero attached hydrogens (tertiary/aromatic N) is 7. The Morgan fingerprint density at radius 2 is 1.90 bits per heavy atom. The lowest BCUT2D eigenvalue weighted by Gasteiger charge is -2.33. The van der Waals surface area contributed by atoms with Crippen molar-refractivity contribution in [3.05, 3.63) is 45.0 Å². The molecule has 4 rings (SSSR count). The highest BCUT2D eigenvalue weighted by atomic mass is 16.1. The third-order valence-electron chi connectivity index (χ3n) is 5.69. The quantitative estimate of drug-likeness (QED) is 0.658.